The summed E-state index contributed by atoms with van der Waals surface area (Å²) >= 11 is 12.3. The molecule has 1 aliphatic rings. The van der Waals surface area contributed by atoms with Gasteiger partial charge in [-0.1, -0.05) is 41.4 Å². The smallest absolute Gasteiger partial charge is 0.407 e. The third kappa shape index (κ3) is 5.79. The van der Waals surface area contributed by atoms with Crippen LogP contribution in [-0.4, -0.2) is 50.7 Å². The lowest BCUT2D eigenvalue weighted by Gasteiger charge is -2.30. The molecule has 0 radical (unpaired) electrons. The topological polar surface area (TPSA) is 71.0 Å². The Bertz CT molecular complexity index is 859. The Hall–Kier alpha value is -1.99. The van der Waals surface area contributed by atoms with Crippen LogP contribution in [0.3, 0.4) is 0 Å². The number of amides is 1. The number of anilines is 1. The number of ether oxygens (including phenoxy) is 2. The van der Waals surface area contributed by atoms with E-state index in [1.165, 1.54) is 0 Å². The second-order valence-electron chi connectivity index (χ2n) is 7.02. The molecule has 1 fully saturated rings. The van der Waals surface area contributed by atoms with Gasteiger partial charge in [-0.2, -0.15) is 0 Å². The second kappa shape index (κ2) is 10.9. The summed E-state index contributed by atoms with van der Waals surface area (Å²) in [5.41, 5.74) is 2.55. The SMILES string of the molecule is CCOC(=O)NCC(c1ccc(Cl)c(Cl)c1)C(O)c1cccc(N2CCOCC2)c1. The summed E-state index contributed by atoms with van der Waals surface area (Å²) in [5.74, 6) is -0.441. The van der Waals surface area contributed by atoms with Crippen molar-refractivity contribution in [1.29, 1.82) is 0 Å². The number of hydrogen-bond acceptors (Lipinski definition) is 5. The average molecular weight is 453 g/mol. The zero-order valence-electron chi connectivity index (χ0n) is 16.8. The van der Waals surface area contributed by atoms with Gasteiger partial charge in [0, 0.05) is 31.2 Å². The summed E-state index contributed by atoms with van der Waals surface area (Å²) < 4.78 is 10.4. The first-order valence-electron chi connectivity index (χ1n) is 9.96. The molecule has 2 aromatic rings. The molecule has 3 rings (SSSR count). The van der Waals surface area contributed by atoms with Gasteiger partial charge in [-0.05, 0) is 42.3 Å². The summed E-state index contributed by atoms with van der Waals surface area (Å²) in [4.78, 5) is 14.1. The number of morpholine rings is 1. The first-order valence-corrected chi connectivity index (χ1v) is 10.7. The molecule has 0 aliphatic carbocycles. The van der Waals surface area contributed by atoms with Crippen LogP contribution < -0.4 is 10.2 Å². The Morgan fingerprint density at radius 1 is 1.17 bits per heavy atom. The standard InChI is InChI=1S/C22H26Cl2N2O4/c1-2-30-22(28)25-14-18(15-6-7-19(23)20(24)13-15)21(27)16-4-3-5-17(12-16)26-8-10-29-11-9-26/h3-7,12-13,18,21,27H,2,8-11,14H2,1H3,(H,25,28). The number of nitrogens with zero attached hydrogens (tertiary/aromatic N) is 1. The van der Waals surface area contributed by atoms with Crippen molar-refractivity contribution in [3.05, 3.63) is 63.6 Å². The number of carbonyl (C=O) groups is 1. The number of carbonyl (C=O) groups excluding carboxylic acids is 1. The molecule has 2 unspecified atom stereocenters. The van der Waals surface area contributed by atoms with Gasteiger partial charge in [-0.3, -0.25) is 0 Å². The van der Waals surface area contributed by atoms with Crippen molar-refractivity contribution in [1.82, 2.24) is 5.32 Å². The summed E-state index contributed by atoms with van der Waals surface area (Å²) in [5, 5.41) is 14.8. The number of nitrogens with one attached hydrogen (secondary N) is 1. The zero-order valence-corrected chi connectivity index (χ0v) is 18.3. The van der Waals surface area contributed by atoms with Gasteiger partial charge in [0.2, 0.25) is 0 Å². The highest BCUT2D eigenvalue weighted by Gasteiger charge is 2.25. The number of rotatable bonds is 7. The van der Waals surface area contributed by atoms with Gasteiger partial charge in [0.15, 0.2) is 0 Å². The highest BCUT2D eigenvalue weighted by molar-refractivity contribution is 6.42. The van der Waals surface area contributed by atoms with Gasteiger partial charge in [0.05, 0.1) is 36.0 Å². The highest BCUT2D eigenvalue weighted by Crippen LogP contribution is 2.35. The molecule has 8 heteroatoms. The predicted molar refractivity (Wildman–Crippen MR) is 119 cm³/mol. The molecule has 2 N–H and O–H groups in total. The van der Waals surface area contributed by atoms with Crippen molar-refractivity contribution in [2.24, 2.45) is 0 Å². The molecule has 0 saturated carbocycles. The van der Waals surface area contributed by atoms with Crippen molar-refractivity contribution in [3.8, 4) is 0 Å². The number of halogens is 2. The van der Waals surface area contributed by atoms with Crippen molar-refractivity contribution in [2.45, 2.75) is 18.9 Å². The van der Waals surface area contributed by atoms with Crippen LogP contribution in [0.5, 0.6) is 0 Å². The maximum absolute atomic E-state index is 11.8. The zero-order chi connectivity index (χ0) is 21.5. The maximum Gasteiger partial charge on any atom is 0.407 e. The van der Waals surface area contributed by atoms with Gasteiger partial charge >= 0.3 is 6.09 Å². The van der Waals surface area contributed by atoms with E-state index in [-0.39, 0.29) is 13.2 Å². The monoisotopic (exact) mass is 452 g/mol. The van der Waals surface area contributed by atoms with Crippen LogP contribution in [-0.2, 0) is 9.47 Å². The minimum absolute atomic E-state index is 0.180. The molecule has 0 bridgehead atoms. The predicted octanol–water partition coefficient (Wildman–Crippen LogP) is 4.39. The van der Waals surface area contributed by atoms with Gasteiger partial charge in [0.25, 0.3) is 0 Å². The first kappa shape index (κ1) is 22.7. The van der Waals surface area contributed by atoms with Crippen LogP contribution in [0, 0.1) is 0 Å². The molecule has 162 valence electrons. The van der Waals surface area contributed by atoms with Gasteiger partial charge in [-0.15, -0.1) is 0 Å². The molecule has 2 atom stereocenters. The second-order valence-corrected chi connectivity index (χ2v) is 7.84. The van der Waals surface area contributed by atoms with Crippen LogP contribution >= 0.6 is 23.2 Å². The van der Waals surface area contributed by atoms with E-state index in [0.717, 1.165) is 29.9 Å². The van der Waals surface area contributed by atoms with Crippen LogP contribution in [0.25, 0.3) is 0 Å². The number of aliphatic hydroxyl groups is 1. The van der Waals surface area contributed by atoms with E-state index in [2.05, 4.69) is 10.2 Å². The number of alkyl carbamates (subject to hydrolysis) is 1. The summed E-state index contributed by atoms with van der Waals surface area (Å²) in [7, 11) is 0. The molecular weight excluding hydrogens is 427 g/mol. The Morgan fingerprint density at radius 2 is 1.93 bits per heavy atom. The summed E-state index contributed by atoms with van der Waals surface area (Å²) in [6.07, 6.45) is -1.40. The van der Waals surface area contributed by atoms with E-state index in [1.54, 1.807) is 25.1 Å². The lowest BCUT2D eigenvalue weighted by Crippen LogP contribution is -2.36. The maximum atomic E-state index is 11.8. The molecule has 2 aromatic carbocycles. The van der Waals surface area contributed by atoms with E-state index in [1.807, 2.05) is 24.3 Å². The molecule has 30 heavy (non-hydrogen) atoms. The third-order valence-corrected chi connectivity index (χ3v) is 5.82. The van der Waals surface area contributed by atoms with Crippen LogP contribution in [0.1, 0.15) is 30.1 Å². The molecule has 1 amide bonds. The molecule has 0 aromatic heterocycles. The lowest BCUT2D eigenvalue weighted by molar-refractivity contribution is 0.122. The van der Waals surface area contributed by atoms with E-state index < -0.39 is 18.1 Å². The van der Waals surface area contributed by atoms with E-state index >= 15 is 0 Å². The van der Waals surface area contributed by atoms with Crippen LogP contribution in [0.4, 0.5) is 10.5 Å². The molecule has 6 nitrogen and oxygen atoms in total. The fourth-order valence-corrected chi connectivity index (χ4v) is 3.80. The fourth-order valence-electron chi connectivity index (χ4n) is 3.49. The first-order chi connectivity index (χ1) is 14.5. The molecule has 1 saturated heterocycles. The molecule has 1 aliphatic heterocycles. The van der Waals surface area contributed by atoms with Crippen molar-refractivity contribution in [2.75, 3.05) is 44.4 Å². The number of hydrogen-bond donors (Lipinski definition) is 2. The number of aliphatic hydroxyl groups excluding tert-OH is 1. The Morgan fingerprint density at radius 3 is 2.63 bits per heavy atom. The lowest BCUT2D eigenvalue weighted by atomic mass is 9.88. The largest absolute Gasteiger partial charge is 0.450 e. The highest BCUT2D eigenvalue weighted by atomic mass is 35.5. The molecular formula is C22H26Cl2N2O4. The Balaban J connectivity index is 1.86. The fraction of sp³-hybridized carbons (Fsp3) is 0.409. The van der Waals surface area contributed by atoms with E-state index in [4.69, 9.17) is 32.7 Å². The van der Waals surface area contributed by atoms with E-state index in [0.29, 0.717) is 23.3 Å². The quantitative estimate of drug-likeness (QED) is 0.651. The van der Waals surface area contributed by atoms with Crippen LogP contribution in [0.15, 0.2) is 42.5 Å². The van der Waals surface area contributed by atoms with Gasteiger partial charge < -0.3 is 24.8 Å². The van der Waals surface area contributed by atoms with Crippen molar-refractivity contribution in [3.63, 3.8) is 0 Å². The van der Waals surface area contributed by atoms with Gasteiger partial charge in [-0.25, -0.2) is 4.79 Å². The van der Waals surface area contributed by atoms with E-state index in [9.17, 15) is 9.90 Å². The normalized spacial score (nSPS) is 16.1. The summed E-state index contributed by atoms with van der Waals surface area (Å²) in [6, 6.07) is 13.0. The van der Waals surface area contributed by atoms with Crippen molar-refractivity contribution < 1.29 is 19.4 Å². The molecule has 1 heterocycles. The van der Waals surface area contributed by atoms with Crippen molar-refractivity contribution >= 4 is 35.0 Å². The minimum atomic E-state index is -0.870. The number of benzene rings is 2. The average Bonchev–Trinajstić information content (AvgIpc) is 2.77. The minimum Gasteiger partial charge on any atom is -0.450 e. The molecule has 0 spiro atoms. The Kier molecular flexibility index (Phi) is 8.22. The van der Waals surface area contributed by atoms with Gasteiger partial charge in [0.1, 0.15) is 0 Å². The summed E-state index contributed by atoms with van der Waals surface area (Å²) in [6.45, 7) is 5.17. The third-order valence-electron chi connectivity index (χ3n) is 5.08. The Labute approximate surface area is 186 Å². The van der Waals surface area contributed by atoms with Crippen LogP contribution in [0.2, 0.25) is 10.0 Å².